The second-order valence-electron chi connectivity index (χ2n) is 4.72. The molecule has 0 aliphatic rings. The molecule has 1 rings (SSSR count). The van der Waals surface area contributed by atoms with Crippen molar-refractivity contribution in [1.29, 1.82) is 0 Å². The molecule has 0 fully saturated rings. The number of hydrogen-bond acceptors (Lipinski definition) is 3. The second kappa shape index (κ2) is 6.85. The van der Waals surface area contributed by atoms with E-state index in [0.29, 0.717) is 11.4 Å². The van der Waals surface area contributed by atoms with Crippen LogP contribution in [0.5, 0.6) is 0 Å². The van der Waals surface area contributed by atoms with Crippen molar-refractivity contribution in [3.05, 3.63) is 12.0 Å². The first kappa shape index (κ1) is 16.7. The summed E-state index contributed by atoms with van der Waals surface area (Å²) in [6, 6.07) is 0. The highest BCUT2D eigenvalue weighted by Crippen LogP contribution is 2.16. The Morgan fingerprint density at radius 3 is 2.68 bits per heavy atom. The smallest absolute Gasteiger partial charge is 0.261 e. The Morgan fingerprint density at radius 2 is 2.16 bits per heavy atom. The summed E-state index contributed by atoms with van der Waals surface area (Å²) in [5, 5.41) is 0.142. The molecule has 1 aromatic rings. The average molecular weight is 352 g/mol. The minimum absolute atomic E-state index is 0.142. The molecule has 1 aromatic heterocycles. The molecule has 0 amide bonds. The molecule has 0 bridgehead atoms. The first-order chi connectivity index (χ1) is 8.78. The van der Waals surface area contributed by atoms with Crippen LogP contribution in [0.3, 0.4) is 0 Å². The van der Waals surface area contributed by atoms with Crippen LogP contribution in [-0.2, 0) is 16.6 Å². The van der Waals surface area contributed by atoms with Gasteiger partial charge in [0.05, 0.1) is 0 Å². The normalized spacial score (nSPS) is 14.0. The van der Waals surface area contributed by atoms with Crippen LogP contribution in [0.2, 0.25) is 0 Å². The Kier molecular flexibility index (Phi) is 6.01. The van der Waals surface area contributed by atoms with E-state index in [1.54, 1.807) is 13.2 Å². The quantitative estimate of drug-likeness (QED) is 0.708. The van der Waals surface area contributed by atoms with Gasteiger partial charge in [0.15, 0.2) is 5.03 Å². The number of hydrogen-bond donors (Lipinski definition) is 0. The van der Waals surface area contributed by atoms with Gasteiger partial charge in [-0.2, -0.15) is 4.31 Å². The molecule has 0 saturated heterocycles. The van der Waals surface area contributed by atoms with Gasteiger partial charge >= 0.3 is 0 Å². The molecular weight excluding hydrogens is 330 g/mol. The van der Waals surface area contributed by atoms with Crippen LogP contribution in [0.4, 0.5) is 0 Å². The highest BCUT2D eigenvalue weighted by atomic mass is 79.9. The van der Waals surface area contributed by atoms with Crippen LogP contribution in [0.1, 0.15) is 32.5 Å². The molecule has 1 atom stereocenters. The molecule has 0 N–H and O–H groups in total. The maximum Gasteiger partial charge on any atom is 0.261 e. The van der Waals surface area contributed by atoms with Crippen molar-refractivity contribution in [2.45, 2.75) is 50.0 Å². The molecule has 0 aromatic carbocycles. The Balaban J connectivity index is 2.90. The summed E-state index contributed by atoms with van der Waals surface area (Å²) < 4.78 is 27.9. The predicted molar refractivity (Wildman–Crippen MR) is 80.1 cm³/mol. The van der Waals surface area contributed by atoms with Gasteiger partial charge in [-0.15, -0.1) is 0 Å². The molecule has 0 aliphatic heterocycles. The zero-order chi connectivity index (χ0) is 14.6. The van der Waals surface area contributed by atoms with Crippen molar-refractivity contribution in [3.8, 4) is 0 Å². The Hall–Kier alpha value is -0.400. The highest BCUT2D eigenvalue weighted by molar-refractivity contribution is 9.09. The van der Waals surface area contributed by atoms with E-state index < -0.39 is 10.0 Å². The molecule has 0 saturated carbocycles. The Labute approximate surface area is 124 Å². The van der Waals surface area contributed by atoms with Crippen LogP contribution in [-0.4, -0.2) is 40.7 Å². The summed E-state index contributed by atoms with van der Waals surface area (Å²) in [4.78, 5) is 4.47. The standard InChI is InChI=1S/C12H22BrN3O2S/c1-5-7-16-9-12(14-11(16)3)19(17,18)15(4)8-6-10(2)13/h9-10H,5-8H2,1-4H3. The van der Waals surface area contributed by atoms with Gasteiger partial charge in [0.2, 0.25) is 0 Å². The SMILES string of the molecule is CCCn1cc(S(=O)(=O)N(C)CCC(C)Br)nc1C. The van der Waals surface area contributed by atoms with Crippen LogP contribution >= 0.6 is 15.9 Å². The van der Waals surface area contributed by atoms with E-state index in [4.69, 9.17) is 0 Å². The van der Waals surface area contributed by atoms with Gasteiger partial charge in [-0.25, -0.2) is 13.4 Å². The summed E-state index contributed by atoms with van der Waals surface area (Å²) in [5.41, 5.74) is 0. The van der Waals surface area contributed by atoms with Crippen molar-refractivity contribution in [1.82, 2.24) is 13.9 Å². The number of halogens is 1. The second-order valence-corrected chi connectivity index (χ2v) is 8.27. The van der Waals surface area contributed by atoms with Gasteiger partial charge in [-0.3, -0.25) is 0 Å². The zero-order valence-electron chi connectivity index (χ0n) is 11.9. The lowest BCUT2D eigenvalue weighted by Crippen LogP contribution is -2.29. The number of nitrogens with zero attached hydrogens (tertiary/aromatic N) is 3. The van der Waals surface area contributed by atoms with Gasteiger partial charge < -0.3 is 4.57 Å². The van der Waals surface area contributed by atoms with Gasteiger partial charge in [0.25, 0.3) is 10.0 Å². The van der Waals surface area contributed by atoms with Crippen molar-refractivity contribution in [2.75, 3.05) is 13.6 Å². The van der Waals surface area contributed by atoms with Crippen LogP contribution in [0, 0.1) is 6.92 Å². The molecule has 0 radical (unpaired) electrons. The van der Waals surface area contributed by atoms with E-state index in [-0.39, 0.29) is 5.03 Å². The molecule has 7 heteroatoms. The van der Waals surface area contributed by atoms with Crippen LogP contribution in [0.15, 0.2) is 11.2 Å². The highest BCUT2D eigenvalue weighted by Gasteiger charge is 2.24. The van der Waals surface area contributed by atoms with Crippen molar-refractivity contribution >= 4 is 26.0 Å². The van der Waals surface area contributed by atoms with E-state index in [2.05, 4.69) is 27.8 Å². The summed E-state index contributed by atoms with van der Waals surface area (Å²) in [5.74, 6) is 0.739. The van der Waals surface area contributed by atoms with Gasteiger partial charge in [-0.05, 0) is 19.8 Å². The summed E-state index contributed by atoms with van der Waals surface area (Å²) in [6.07, 6.45) is 3.35. The minimum Gasteiger partial charge on any atom is -0.334 e. The summed E-state index contributed by atoms with van der Waals surface area (Å²) in [7, 11) is -1.88. The summed E-state index contributed by atoms with van der Waals surface area (Å²) in [6.45, 7) is 7.15. The zero-order valence-corrected chi connectivity index (χ0v) is 14.3. The molecular formula is C12H22BrN3O2S. The molecule has 5 nitrogen and oxygen atoms in total. The first-order valence-corrected chi connectivity index (χ1v) is 8.78. The number of sulfonamides is 1. The molecule has 1 heterocycles. The third-order valence-corrected chi connectivity index (χ3v) is 5.12. The molecule has 19 heavy (non-hydrogen) atoms. The number of rotatable bonds is 7. The number of alkyl halides is 1. The van der Waals surface area contributed by atoms with Crippen molar-refractivity contribution in [3.63, 3.8) is 0 Å². The fraction of sp³-hybridized carbons (Fsp3) is 0.750. The topological polar surface area (TPSA) is 55.2 Å². The van der Waals surface area contributed by atoms with E-state index in [0.717, 1.165) is 25.2 Å². The van der Waals surface area contributed by atoms with E-state index in [1.807, 2.05) is 18.4 Å². The largest absolute Gasteiger partial charge is 0.334 e. The molecule has 0 spiro atoms. The maximum absolute atomic E-state index is 12.3. The van der Waals surface area contributed by atoms with E-state index in [1.165, 1.54) is 4.31 Å². The lowest BCUT2D eigenvalue weighted by molar-refractivity contribution is 0.459. The fourth-order valence-electron chi connectivity index (χ4n) is 1.71. The summed E-state index contributed by atoms with van der Waals surface area (Å²) >= 11 is 3.42. The predicted octanol–water partition coefficient (Wildman–Crippen LogP) is 2.40. The van der Waals surface area contributed by atoms with Crippen molar-refractivity contribution < 1.29 is 8.42 Å². The third kappa shape index (κ3) is 4.29. The van der Waals surface area contributed by atoms with E-state index in [9.17, 15) is 8.42 Å². The maximum atomic E-state index is 12.3. The van der Waals surface area contributed by atoms with Gasteiger partial charge in [0, 0.05) is 31.2 Å². The monoisotopic (exact) mass is 351 g/mol. The number of aryl methyl sites for hydroxylation is 2. The number of aromatic nitrogens is 2. The Bertz CT molecular complexity index is 511. The van der Waals surface area contributed by atoms with E-state index >= 15 is 0 Å². The lowest BCUT2D eigenvalue weighted by Gasteiger charge is -2.16. The molecule has 1 unspecified atom stereocenters. The first-order valence-electron chi connectivity index (χ1n) is 6.43. The van der Waals surface area contributed by atoms with Crippen LogP contribution in [0.25, 0.3) is 0 Å². The van der Waals surface area contributed by atoms with Crippen LogP contribution < -0.4 is 0 Å². The van der Waals surface area contributed by atoms with Crippen molar-refractivity contribution in [2.24, 2.45) is 0 Å². The van der Waals surface area contributed by atoms with Gasteiger partial charge in [0.1, 0.15) is 5.82 Å². The molecule has 0 aliphatic carbocycles. The average Bonchev–Trinajstić information content (AvgIpc) is 2.69. The minimum atomic E-state index is -3.47. The lowest BCUT2D eigenvalue weighted by atomic mass is 10.3. The third-order valence-electron chi connectivity index (χ3n) is 2.93. The fourth-order valence-corrected chi connectivity index (χ4v) is 3.09. The number of imidazole rings is 1. The van der Waals surface area contributed by atoms with Gasteiger partial charge in [-0.1, -0.05) is 29.8 Å². The molecule has 110 valence electrons. The Morgan fingerprint density at radius 1 is 1.53 bits per heavy atom.